The summed E-state index contributed by atoms with van der Waals surface area (Å²) in [5.41, 5.74) is 3.33. The van der Waals surface area contributed by atoms with Gasteiger partial charge in [-0.05, 0) is 37.3 Å². The summed E-state index contributed by atoms with van der Waals surface area (Å²) in [6.45, 7) is 9.00. The number of nitrogens with zero attached hydrogens (tertiary/aromatic N) is 1. The van der Waals surface area contributed by atoms with Gasteiger partial charge in [0, 0.05) is 19.5 Å². The summed E-state index contributed by atoms with van der Waals surface area (Å²) in [7, 11) is 0. The molecule has 1 N–H and O–H groups in total. The van der Waals surface area contributed by atoms with Gasteiger partial charge < -0.3 is 10.2 Å². The molecule has 28 heavy (non-hydrogen) atoms. The molecule has 1 atom stereocenters. The van der Waals surface area contributed by atoms with E-state index in [1.807, 2.05) is 68.4 Å². The second kappa shape index (κ2) is 10.6. The molecular formula is C24H32N2O2. The number of aryl methyl sites for hydroxylation is 2. The van der Waals surface area contributed by atoms with Crippen molar-refractivity contribution in [3.05, 3.63) is 71.3 Å². The molecule has 0 saturated carbocycles. The Hall–Kier alpha value is -2.62. The smallest absolute Gasteiger partial charge is 0.242 e. The number of nitrogens with one attached hydrogen (secondary N) is 1. The zero-order chi connectivity index (χ0) is 20.5. The molecule has 0 spiro atoms. The van der Waals surface area contributed by atoms with Gasteiger partial charge in [-0.1, -0.05) is 74.0 Å². The quantitative estimate of drug-likeness (QED) is 0.711. The summed E-state index contributed by atoms with van der Waals surface area (Å²) in [5.74, 6) is 0.265. The zero-order valence-corrected chi connectivity index (χ0v) is 17.4. The molecular weight excluding hydrogens is 348 g/mol. The molecule has 0 saturated heterocycles. The average Bonchev–Trinajstić information content (AvgIpc) is 2.70. The lowest BCUT2D eigenvalue weighted by atomic mass is 10.1. The molecule has 0 radical (unpaired) electrons. The lowest BCUT2D eigenvalue weighted by Gasteiger charge is -2.29. The SMILES string of the molecule is Cc1ccc(CN(C(=O)CCc2ccccc2)C(C)C(=O)NCC(C)C)cc1. The van der Waals surface area contributed by atoms with E-state index in [0.29, 0.717) is 31.8 Å². The monoisotopic (exact) mass is 380 g/mol. The van der Waals surface area contributed by atoms with Crippen molar-refractivity contribution in [2.24, 2.45) is 5.92 Å². The highest BCUT2D eigenvalue weighted by Crippen LogP contribution is 2.14. The van der Waals surface area contributed by atoms with Crippen LogP contribution in [-0.4, -0.2) is 29.3 Å². The van der Waals surface area contributed by atoms with Crippen LogP contribution in [0.15, 0.2) is 54.6 Å². The third-order valence-electron chi connectivity index (χ3n) is 4.80. The van der Waals surface area contributed by atoms with Crippen molar-refractivity contribution in [3.63, 3.8) is 0 Å². The van der Waals surface area contributed by atoms with Crippen LogP contribution in [0.3, 0.4) is 0 Å². The van der Waals surface area contributed by atoms with Gasteiger partial charge in [-0.3, -0.25) is 9.59 Å². The number of rotatable bonds is 9. The molecule has 2 rings (SSSR count). The van der Waals surface area contributed by atoms with E-state index in [4.69, 9.17) is 0 Å². The number of benzene rings is 2. The number of carbonyl (C=O) groups is 2. The minimum absolute atomic E-state index is 0.00313. The van der Waals surface area contributed by atoms with E-state index >= 15 is 0 Å². The molecule has 2 amide bonds. The lowest BCUT2D eigenvalue weighted by Crippen LogP contribution is -2.48. The van der Waals surface area contributed by atoms with Gasteiger partial charge in [-0.25, -0.2) is 0 Å². The normalized spacial score (nSPS) is 11.9. The highest BCUT2D eigenvalue weighted by Gasteiger charge is 2.25. The standard InChI is InChI=1S/C24H32N2O2/c1-18(2)16-25-24(28)20(4)26(17-22-12-10-19(3)11-13-22)23(27)15-14-21-8-6-5-7-9-21/h5-13,18,20H,14-17H2,1-4H3,(H,25,28). The van der Waals surface area contributed by atoms with Crippen molar-refractivity contribution in [2.75, 3.05) is 6.54 Å². The molecule has 0 bridgehead atoms. The first kappa shape index (κ1) is 21.7. The zero-order valence-electron chi connectivity index (χ0n) is 17.4. The minimum atomic E-state index is -0.511. The van der Waals surface area contributed by atoms with Crippen LogP contribution in [0.1, 0.15) is 43.9 Å². The van der Waals surface area contributed by atoms with E-state index in [9.17, 15) is 9.59 Å². The minimum Gasteiger partial charge on any atom is -0.354 e. The van der Waals surface area contributed by atoms with Crippen molar-refractivity contribution in [2.45, 2.75) is 53.1 Å². The maximum absolute atomic E-state index is 13.0. The lowest BCUT2D eigenvalue weighted by molar-refractivity contribution is -0.140. The van der Waals surface area contributed by atoms with Crippen molar-refractivity contribution in [3.8, 4) is 0 Å². The number of hydrogen-bond donors (Lipinski definition) is 1. The summed E-state index contributed by atoms with van der Waals surface area (Å²) in [6, 6.07) is 17.6. The van der Waals surface area contributed by atoms with Gasteiger partial charge in [0.05, 0.1) is 0 Å². The highest BCUT2D eigenvalue weighted by molar-refractivity contribution is 5.87. The molecule has 4 nitrogen and oxygen atoms in total. The number of hydrogen-bond acceptors (Lipinski definition) is 2. The van der Waals surface area contributed by atoms with Gasteiger partial charge >= 0.3 is 0 Å². The van der Waals surface area contributed by atoms with Gasteiger partial charge in [-0.15, -0.1) is 0 Å². The average molecular weight is 381 g/mol. The second-order valence-corrected chi connectivity index (χ2v) is 7.81. The third-order valence-corrected chi connectivity index (χ3v) is 4.80. The Balaban J connectivity index is 2.10. The molecule has 0 aliphatic rings. The Morgan fingerprint density at radius 3 is 2.18 bits per heavy atom. The van der Waals surface area contributed by atoms with Crippen LogP contribution in [-0.2, 0) is 22.6 Å². The summed E-state index contributed by atoms with van der Waals surface area (Å²) >= 11 is 0. The Morgan fingerprint density at radius 2 is 1.57 bits per heavy atom. The molecule has 4 heteroatoms. The van der Waals surface area contributed by atoms with Gasteiger partial charge in [0.25, 0.3) is 0 Å². The van der Waals surface area contributed by atoms with Gasteiger partial charge in [0.2, 0.25) is 11.8 Å². The van der Waals surface area contributed by atoms with Crippen LogP contribution in [0.4, 0.5) is 0 Å². The number of carbonyl (C=O) groups excluding carboxylic acids is 2. The summed E-state index contributed by atoms with van der Waals surface area (Å²) < 4.78 is 0. The fraction of sp³-hybridized carbons (Fsp3) is 0.417. The Morgan fingerprint density at radius 1 is 0.929 bits per heavy atom. The Kier molecular flexibility index (Phi) is 8.24. The van der Waals surface area contributed by atoms with Crippen molar-refractivity contribution < 1.29 is 9.59 Å². The third kappa shape index (κ3) is 6.84. The van der Waals surface area contributed by atoms with Crippen LogP contribution in [0.25, 0.3) is 0 Å². The molecule has 1 unspecified atom stereocenters. The maximum atomic E-state index is 13.0. The van der Waals surface area contributed by atoms with E-state index in [2.05, 4.69) is 19.2 Å². The molecule has 0 heterocycles. The first-order chi connectivity index (χ1) is 13.4. The maximum Gasteiger partial charge on any atom is 0.242 e. The fourth-order valence-corrected chi connectivity index (χ4v) is 2.96. The molecule has 150 valence electrons. The van der Waals surface area contributed by atoms with E-state index in [-0.39, 0.29) is 11.8 Å². The molecule has 0 aromatic heterocycles. The Labute approximate surface area is 169 Å². The van der Waals surface area contributed by atoms with Gasteiger partial charge in [-0.2, -0.15) is 0 Å². The van der Waals surface area contributed by atoms with E-state index in [1.165, 1.54) is 5.56 Å². The summed E-state index contributed by atoms with van der Waals surface area (Å²) in [5, 5.41) is 2.95. The fourth-order valence-electron chi connectivity index (χ4n) is 2.96. The van der Waals surface area contributed by atoms with Crippen molar-refractivity contribution in [1.82, 2.24) is 10.2 Å². The molecule has 2 aromatic rings. The summed E-state index contributed by atoms with van der Waals surface area (Å²) in [4.78, 5) is 27.3. The van der Waals surface area contributed by atoms with Gasteiger partial charge in [0.15, 0.2) is 0 Å². The van der Waals surface area contributed by atoms with Crippen LogP contribution < -0.4 is 5.32 Å². The Bertz CT molecular complexity index is 754. The van der Waals surface area contributed by atoms with E-state index in [0.717, 1.165) is 11.1 Å². The summed E-state index contributed by atoms with van der Waals surface area (Å²) in [6.07, 6.45) is 1.06. The predicted octanol–water partition coefficient (Wildman–Crippen LogP) is 4.12. The molecule has 0 aliphatic heterocycles. The first-order valence-electron chi connectivity index (χ1n) is 10.0. The number of amides is 2. The second-order valence-electron chi connectivity index (χ2n) is 7.81. The molecule has 0 aliphatic carbocycles. The first-order valence-corrected chi connectivity index (χ1v) is 10.0. The molecule has 2 aromatic carbocycles. The van der Waals surface area contributed by atoms with Crippen LogP contribution >= 0.6 is 0 Å². The van der Waals surface area contributed by atoms with Crippen molar-refractivity contribution >= 4 is 11.8 Å². The van der Waals surface area contributed by atoms with Crippen LogP contribution in [0.2, 0.25) is 0 Å². The van der Waals surface area contributed by atoms with Gasteiger partial charge in [0.1, 0.15) is 6.04 Å². The van der Waals surface area contributed by atoms with Crippen molar-refractivity contribution in [1.29, 1.82) is 0 Å². The topological polar surface area (TPSA) is 49.4 Å². The molecule has 0 fully saturated rings. The largest absolute Gasteiger partial charge is 0.354 e. The predicted molar refractivity (Wildman–Crippen MR) is 114 cm³/mol. The van der Waals surface area contributed by atoms with E-state index in [1.54, 1.807) is 4.90 Å². The van der Waals surface area contributed by atoms with E-state index < -0.39 is 6.04 Å². The van der Waals surface area contributed by atoms with Crippen LogP contribution in [0, 0.1) is 12.8 Å². The van der Waals surface area contributed by atoms with Crippen LogP contribution in [0.5, 0.6) is 0 Å². The highest BCUT2D eigenvalue weighted by atomic mass is 16.2.